The highest BCUT2D eigenvalue weighted by atomic mass is 16.5. The molecule has 3 heterocycles. The zero-order valence-electron chi connectivity index (χ0n) is 15.4. The van der Waals surface area contributed by atoms with Gasteiger partial charge >= 0.3 is 0 Å². The van der Waals surface area contributed by atoms with Crippen molar-refractivity contribution in [3.63, 3.8) is 0 Å². The van der Waals surface area contributed by atoms with E-state index >= 15 is 0 Å². The summed E-state index contributed by atoms with van der Waals surface area (Å²) in [6.07, 6.45) is 4.80. The normalized spacial score (nSPS) is 24.7. The molecule has 1 saturated carbocycles. The van der Waals surface area contributed by atoms with E-state index in [0.29, 0.717) is 31.2 Å². The van der Waals surface area contributed by atoms with Crippen LogP contribution in [0.4, 0.5) is 0 Å². The molecule has 2 saturated heterocycles. The summed E-state index contributed by atoms with van der Waals surface area (Å²) in [4.78, 5) is 14.7. The fourth-order valence-corrected chi connectivity index (χ4v) is 4.17. The van der Waals surface area contributed by atoms with Crippen LogP contribution in [-0.2, 0) is 16.0 Å². The lowest BCUT2D eigenvalue weighted by molar-refractivity contribution is -0.120. The van der Waals surface area contributed by atoms with Crippen LogP contribution in [0.25, 0.3) is 0 Å². The van der Waals surface area contributed by atoms with Gasteiger partial charge in [-0.1, -0.05) is 0 Å². The van der Waals surface area contributed by atoms with E-state index < -0.39 is 0 Å². The Morgan fingerprint density at radius 1 is 1.40 bits per heavy atom. The van der Waals surface area contributed by atoms with Crippen molar-refractivity contribution in [2.75, 3.05) is 32.9 Å². The van der Waals surface area contributed by atoms with Gasteiger partial charge in [-0.05, 0) is 57.4 Å². The van der Waals surface area contributed by atoms with Crippen LogP contribution in [0.2, 0.25) is 0 Å². The Kier molecular flexibility index (Phi) is 4.58. The molecule has 1 amide bonds. The number of carbonyl (C=O) groups excluding carboxylic acids is 1. The van der Waals surface area contributed by atoms with Crippen molar-refractivity contribution < 1.29 is 14.3 Å². The van der Waals surface area contributed by atoms with Crippen LogP contribution in [0, 0.1) is 18.8 Å². The lowest BCUT2D eigenvalue weighted by Gasteiger charge is -2.50. The van der Waals surface area contributed by atoms with E-state index in [1.54, 1.807) is 4.68 Å². The van der Waals surface area contributed by atoms with Crippen LogP contribution in [0.3, 0.4) is 0 Å². The number of likely N-dealkylation sites (tertiary alicyclic amines) is 1. The first kappa shape index (κ1) is 17.0. The molecule has 0 radical (unpaired) electrons. The molecule has 25 heavy (non-hydrogen) atoms. The third-order valence-corrected chi connectivity index (χ3v) is 5.89. The molecule has 1 unspecified atom stereocenters. The van der Waals surface area contributed by atoms with Crippen LogP contribution in [0.15, 0.2) is 6.07 Å². The third-order valence-electron chi connectivity index (χ3n) is 5.89. The minimum absolute atomic E-state index is 0.0762. The van der Waals surface area contributed by atoms with Crippen molar-refractivity contribution in [3.8, 4) is 0 Å². The molecule has 1 aliphatic carbocycles. The Hall–Kier alpha value is -1.40. The largest absolute Gasteiger partial charge is 0.381 e. The van der Waals surface area contributed by atoms with Crippen LogP contribution < -0.4 is 0 Å². The average molecular weight is 347 g/mol. The van der Waals surface area contributed by atoms with Crippen LogP contribution >= 0.6 is 0 Å². The van der Waals surface area contributed by atoms with Crippen molar-refractivity contribution in [2.45, 2.75) is 51.7 Å². The Bertz CT molecular complexity index is 632. The van der Waals surface area contributed by atoms with Gasteiger partial charge in [0.05, 0.1) is 18.8 Å². The lowest BCUT2D eigenvalue weighted by Crippen LogP contribution is -2.66. The molecule has 1 aromatic rings. The number of carbonyl (C=O) groups is 1. The summed E-state index contributed by atoms with van der Waals surface area (Å²) < 4.78 is 13.7. The molecule has 6 nitrogen and oxygen atoms in total. The summed E-state index contributed by atoms with van der Waals surface area (Å²) in [5.41, 5.74) is 1.45. The van der Waals surface area contributed by atoms with Crippen LogP contribution in [0.5, 0.6) is 0 Å². The maximum absolute atomic E-state index is 12.8. The molecule has 3 fully saturated rings. The molecule has 138 valence electrons. The van der Waals surface area contributed by atoms with Gasteiger partial charge in [0.1, 0.15) is 11.3 Å². The van der Waals surface area contributed by atoms with Gasteiger partial charge in [0.15, 0.2) is 0 Å². The maximum atomic E-state index is 12.8. The number of aryl methyl sites for hydroxylation is 2. The second kappa shape index (κ2) is 6.72. The Labute approximate surface area is 149 Å². The highest BCUT2D eigenvalue weighted by molar-refractivity contribution is 5.93. The second-order valence-electron chi connectivity index (χ2n) is 7.85. The summed E-state index contributed by atoms with van der Waals surface area (Å²) in [5, 5.41) is 4.39. The molecule has 3 aliphatic rings. The summed E-state index contributed by atoms with van der Waals surface area (Å²) in [7, 11) is 0. The fourth-order valence-electron chi connectivity index (χ4n) is 4.17. The number of amides is 1. The molecule has 0 aromatic carbocycles. The summed E-state index contributed by atoms with van der Waals surface area (Å²) in [5.74, 6) is 1.40. The van der Waals surface area contributed by atoms with Crippen molar-refractivity contribution >= 4 is 5.91 Å². The SMILES string of the molecule is CCn1nc(C)cc1C(=O)N1CC2(C1)OCCC2CCOCC1CC1. The molecular weight excluding hydrogens is 318 g/mol. The van der Waals surface area contributed by atoms with E-state index in [1.165, 1.54) is 12.8 Å². The molecule has 6 heteroatoms. The Morgan fingerprint density at radius 3 is 2.92 bits per heavy atom. The highest BCUT2D eigenvalue weighted by Crippen LogP contribution is 2.42. The zero-order valence-corrected chi connectivity index (χ0v) is 15.4. The number of hydrogen-bond donors (Lipinski definition) is 0. The monoisotopic (exact) mass is 347 g/mol. The van der Waals surface area contributed by atoms with Crippen molar-refractivity contribution in [1.29, 1.82) is 0 Å². The van der Waals surface area contributed by atoms with Gasteiger partial charge < -0.3 is 14.4 Å². The van der Waals surface area contributed by atoms with Gasteiger partial charge in [-0.2, -0.15) is 5.10 Å². The average Bonchev–Trinajstić information content (AvgIpc) is 3.16. The van der Waals surface area contributed by atoms with Gasteiger partial charge in [-0.25, -0.2) is 0 Å². The maximum Gasteiger partial charge on any atom is 0.272 e. The van der Waals surface area contributed by atoms with Gasteiger partial charge in [0.25, 0.3) is 5.91 Å². The topological polar surface area (TPSA) is 56.6 Å². The third kappa shape index (κ3) is 3.34. The van der Waals surface area contributed by atoms with Gasteiger partial charge in [0.2, 0.25) is 0 Å². The number of hydrogen-bond acceptors (Lipinski definition) is 4. The van der Waals surface area contributed by atoms with Crippen molar-refractivity contribution in [1.82, 2.24) is 14.7 Å². The smallest absolute Gasteiger partial charge is 0.272 e. The molecule has 0 bridgehead atoms. The molecule has 0 N–H and O–H groups in total. The van der Waals surface area contributed by atoms with Crippen molar-refractivity contribution in [2.24, 2.45) is 11.8 Å². The summed E-state index contributed by atoms with van der Waals surface area (Å²) >= 11 is 0. The lowest BCUT2D eigenvalue weighted by atomic mass is 9.79. The van der Waals surface area contributed by atoms with Gasteiger partial charge in [-0.15, -0.1) is 0 Å². The molecule has 4 rings (SSSR count). The molecule has 1 spiro atoms. The number of rotatable bonds is 7. The van der Waals surface area contributed by atoms with Crippen LogP contribution in [0.1, 0.15) is 48.8 Å². The fraction of sp³-hybridized carbons (Fsp3) is 0.789. The minimum atomic E-state index is -0.134. The molecule has 2 aliphatic heterocycles. The van der Waals surface area contributed by atoms with E-state index in [9.17, 15) is 4.79 Å². The van der Waals surface area contributed by atoms with Gasteiger partial charge in [0, 0.05) is 26.4 Å². The number of ether oxygens (including phenoxy) is 2. The van der Waals surface area contributed by atoms with E-state index in [0.717, 1.165) is 44.3 Å². The highest BCUT2D eigenvalue weighted by Gasteiger charge is 2.54. The first-order valence-corrected chi connectivity index (χ1v) is 9.67. The minimum Gasteiger partial charge on any atom is -0.381 e. The molecule has 1 aromatic heterocycles. The number of aromatic nitrogens is 2. The second-order valence-corrected chi connectivity index (χ2v) is 7.85. The molecule has 1 atom stereocenters. The molecular formula is C19H29N3O3. The summed E-state index contributed by atoms with van der Waals surface area (Å²) in [6.45, 7) is 8.61. The van der Waals surface area contributed by atoms with E-state index in [4.69, 9.17) is 9.47 Å². The Balaban J connectivity index is 1.31. The standard InChI is InChI=1S/C19H29N3O3/c1-3-22-17(10-14(2)20-22)18(23)21-12-19(13-21)16(7-9-25-19)6-8-24-11-15-4-5-15/h10,15-16H,3-9,11-13H2,1-2H3. The van der Waals surface area contributed by atoms with Crippen LogP contribution in [-0.4, -0.2) is 59.1 Å². The summed E-state index contributed by atoms with van der Waals surface area (Å²) in [6, 6.07) is 1.88. The van der Waals surface area contributed by atoms with E-state index in [2.05, 4.69) is 5.10 Å². The quantitative estimate of drug-likeness (QED) is 0.710. The zero-order chi connectivity index (χ0) is 17.4. The predicted molar refractivity (Wildman–Crippen MR) is 93.5 cm³/mol. The number of nitrogens with zero attached hydrogens (tertiary/aromatic N) is 3. The Morgan fingerprint density at radius 2 is 2.20 bits per heavy atom. The van der Waals surface area contributed by atoms with Gasteiger partial charge in [-0.3, -0.25) is 9.48 Å². The predicted octanol–water partition coefficient (Wildman–Crippen LogP) is 2.26. The first-order valence-electron chi connectivity index (χ1n) is 9.67. The first-order chi connectivity index (χ1) is 12.1. The van der Waals surface area contributed by atoms with E-state index in [1.807, 2.05) is 24.8 Å². The van der Waals surface area contributed by atoms with E-state index in [-0.39, 0.29) is 11.5 Å². The van der Waals surface area contributed by atoms with Crippen molar-refractivity contribution in [3.05, 3.63) is 17.5 Å².